The highest BCUT2D eigenvalue weighted by atomic mass is 16.7. The molecule has 0 spiro atoms. The van der Waals surface area contributed by atoms with E-state index in [2.05, 4.69) is 6.92 Å². The highest BCUT2D eigenvalue weighted by molar-refractivity contribution is 5.85. The van der Waals surface area contributed by atoms with Crippen LogP contribution < -0.4 is 0 Å². The smallest absolute Gasteiger partial charge is 0.331 e. The molecule has 0 radical (unpaired) electrons. The van der Waals surface area contributed by atoms with Crippen molar-refractivity contribution in [3.8, 4) is 0 Å². The van der Waals surface area contributed by atoms with Crippen molar-refractivity contribution in [2.24, 2.45) is 34.5 Å². The van der Waals surface area contributed by atoms with Crippen molar-refractivity contribution >= 4 is 5.97 Å². The summed E-state index contributed by atoms with van der Waals surface area (Å²) in [4.78, 5) is 11.8. The third-order valence-electron chi connectivity index (χ3n) is 12.0. The first-order chi connectivity index (χ1) is 17.5. The summed E-state index contributed by atoms with van der Waals surface area (Å²) >= 11 is 0. The molecular formula is C29H44O8. The lowest BCUT2D eigenvalue weighted by Gasteiger charge is -2.65. The van der Waals surface area contributed by atoms with Crippen LogP contribution in [0.4, 0.5) is 0 Å². The molecule has 37 heavy (non-hydrogen) atoms. The van der Waals surface area contributed by atoms with Gasteiger partial charge in [-0.05, 0) is 93.0 Å². The Bertz CT molecular complexity index is 940. The Labute approximate surface area is 219 Å². The summed E-state index contributed by atoms with van der Waals surface area (Å²) in [7, 11) is 0. The Kier molecular flexibility index (Phi) is 6.37. The Hall–Kier alpha value is -1.03. The molecule has 4 saturated carbocycles. The number of hydrogen-bond acceptors (Lipinski definition) is 8. The van der Waals surface area contributed by atoms with E-state index in [9.17, 15) is 25.2 Å². The van der Waals surface area contributed by atoms with Crippen molar-refractivity contribution in [3.63, 3.8) is 0 Å². The number of esters is 1. The number of rotatable bonds is 3. The molecule has 2 heterocycles. The van der Waals surface area contributed by atoms with Crippen LogP contribution in [0.5, 0.6) is 0 Å². The number of cyclic esters (lactones) is 1. The van der Waals surface area contributed by atoms with Crippen LogP contribution in [-0.2, 0) is 19.0 Å². The second-order valence-corrected chi connectivity index (χ2v) is 13.5. The van der Waals surface area contributed by atoms with E-state index in [1.54, 1.807) is 13.0 Å². The van der Waals surface area contributed by atoms with Crippen molar-refractivity contribution in [2.75, 3.05) is 6.61 Å². The first-order valence-electron chi connectivity index (χ1n) is 14.4. The molecular weight excluding hydrogens is 476 g/mol. The summed E-state index contributed by atoms with van der Waals surface area (Å²) < 4.78 is 17.4. The maximum Gasteiger partial charge on any atom is 0.331 e. The molecule has 4 N–H and O–H groups in total. The standard InChI is InChI=1S/C29H44O8/c1-15-26(33)22(30)13-25(36-15)37-18-6-8-27(2)17(11-18)4-5-20-21(27)12-23(31)28(3)19(7-9-29(20,28)34)16-10-24(32)35-14-16/h10,15,17-23,25-26,30-31,33-34H,4-9,11-14H2,1-3H3/t15?,17-,18+,19-,20-,21+,22+,23-,25+,26-,27+,28+,29+/m1/s1. The minimum Gasteiger partial charge on any atom is -0.458 e. The van der Waals surface area contributed by atoms with E-state index < -0.39 is 41.7 Å². The molecule has 6 aliphatic rings. The van der Waals surface area contributed by atoms with Crippen LogP contribution in [0, 0.1) is 34.5 Å². The van der Waals surface area contributed by atoms with Gasteiger partial charge in [-0.25, -0.2) is 4.79 Å². The molecule has 6 rings (SSSR count). The molecule has 0 amide bonds. The van der Waals surface area contributed by atoms with E-state index >= 15 is 0 Å². The SMILES string of the molecule is CC1O[C@@H](O[C@H]2CC[C@@]3(C)[C@H](CC[C@@H]4[C@@H]3C[C@@H](O)[C@]3(C)[C@@H](C5=CC(=O)OC5)CC[C@]43O)C2)C[C@H](O)[C@@H]1O. The van der Waals surface area contributed by atoms with E-state index in [-0.39, 0.29) is 48.3 Å². The minimum atomic E-state index is -0.961. The number of aliphatic hydroxyl groups is 4. The van der Waals surface area contributed by atoms with Gasteiger partial charge >= 0.3 is 5.97 Å². The van der Waals surface area contributed by atoms with Crippen LogP contribution >= 0.6 is 0 Å². The van der Waals surface area contributed by atoms with Gasteiger partial charge in [0, 0.05) is 17.9 Å². The zero-order valence-electron chi connectivity index (χ0n) is 22.3. The summed E-state index contributed by atoms with van der Waals surface area (Å²) in [6, 6.07) is 0. The second kappa shape index (κ2) is 9.00. The number of carbonyl (C=O) groups excluding carboxylic acids is 1. The fourth-order valence-corrected chi connectivity index (χ4v) is 9.80. The first-order valence-corrected chi connectivity index (χ1v) is 14.4. The average Bonchev–Trinajstić information content (AvgIpc) is 3.39. The lowest BCUT2D eigenvalue weighted by Crippen LogP contribution is -2.67. The molecule has 0 bridgehead atoms. The number of ether oxygens (including phenoxy) is 3. The Morgan fingerprint density at radius 1 is 1.00 bits per heavy atom. The zero-order valence-corrected chi connectivity index (χ0v) is 22.3. The largest absolute Gasteiger partial charge is 0.458 e. The van der Waals surface area contributed by atoms with Gasteiger partial charge in [0.15, 0.2) is 6.29 Å². The van der Waals surface area contributed by atoms with Gasteiger partial charge in [-0.1, -0.05) is 13.8 Å². The maximum absolute atomic E-state index is 12.4. The predicted molar refractivity (Wildman–Crippen MR) is 133 cm³/mol. The monoisotopic (exact) mass is 520 g/mol. The normalized spacial score (nSPS) is 55.6. The molecule has 0 aromatic heterocycles. The van der Waals surface area contributed by atoms with E-state index in [4.69, 9.17) is 14.2 Å². The highest BCUT2D eigenvalue weighted by Crippen LogP contribution is 2.70. The van der Waals surface area contributed by atoms with Crippen LogP contribution in [0.2, 0.25) is 0 Å². The third kappa shape index (κ3) is 3.80. The Balaban J connectivity index is 1.18. The molecule has 8 nitrogen and oxygen atoms in total. The Morgan fingerprint density at radius 3 is 2.49 bits per heavy atom. The first kappa shape index (κ1) is 26.2. The molecule has 208 valence electrons. The Morgan fingerprint density at radius 2 is 1.78 bits per heavy atom. The van der Waals surface area contributed by atoms with Gasteiger partial charge in [-0.15, -0.1) is 0 Å². The summed E-state index contributed by atoms with van der Waals surface area (Å²) in [6.45, 7) is 6.44. The minimum absolute atomic E-state index is 0.0149. The van der Waals surface area contributed by atoms with Gasteiger partial charge in [0.25, 0.3) is 0 Å². The second-order valence-electron chi connectivity index (χ2n) is 13.5. The van der Waals surface area contributed by atoms with E-state index in [1.165, 1.54) is 0 Å². The number of fused-ring (bicyclic) bond motifs is 5. The average molecular weight is 521 g/mol. The number of hydrogen-bond donors (Lipinski definition) is 4. The van der Waals surface area contributed by atoms with Crippen molar-refractivity contribution in [3.05, 3.63) is 11.6 Å². The van der Waals surface area contributed by atoms with E-state index in [0.717, 1.165) is 44.1 Å². The molecule has 13 atom stereocenters. The van der Waals surface area contributed by atoms with Gasteiger partial charge in [0.2, 0.25) is 0 Å². The van der Waals surface area contributed by atoms with Crippen LogP contribution in [0.3, 0.4) is 0 Å². The van der Waals surface area contributed by atoms with Gasteiger partial charge in [0.05, 0.1) is 30.0 Å². The quantitative estimate of drug-likeness (QED) is 0.330. The van der Waals surface area contributed by atoms with Crippen LogP contribution in [0.25, 0.3) is 0 Å². The predicted octanol–water partition coefficient (Wildman–Crippen LogP) is 2.46. The lowest BCUT2D eigenvalue weighted by atomic mass is 9.42. The van der Waals surface area contributed by atoms with Gasteiger partial charge < -0.3 is 34.6 Å². The number of carbonyl (C=O) groups is 1. The summed E-state index contributed by atoms with van der Waals surface area (Å²) in [5, 5.41) is 44.2. The van der Waals surface area contributed by atoms with Gasteiger partial charge in [0.1, 0.15) is 12.7 Å². The van der Waals surface area contributed by atoms with Gasteiger partial charge in [-0.2, -0.15) is 0 Å². The summed E-state index contributed by atoms with van der Waals surface area (Å²) in [5.41, 5.74) is -0.703. The highest BCUT2D eigenvalue weighted by Gasteiger charge is 2.70. The molecule has 8 heteroatoms. The molecule has 1 saturated heterocycles. The molecule has 4 aliphatic carbocycles. The summed E-state index contributed by atoms with van der Waals surface area (Å²) in [6.07, 6.45) is 5.37. The van der Waals surface area contributed by atoms with E-state index in [0.29, 0.717) is 18.8 Å². The fraction of sp³-hybridized carbons (Fsp3) is 0.897. The van der Waals surface area contributed by atoms with Crippen molar-refractivity contribution in [1.29, 1.82) is 0 Å². The zero-order chi connectivity index (χ0) is 26.3. The molecule has 2 aliphatic heterocycles. The van der Waals surface area contributed by atoms with Crippen molar-refractivity contribution in [2.45, 2.75) is 121 Å². The topological polar surface area (TPSA) is 126 Å². The molecule has 0 aromatic carbocycles. The fourth-order valence-electron chi connectivity index (χ4n) is 9.80. The van der Waals surface area contributed by atoms with Gasteiger partial charge in [-0.3, -0.25) is 0 Å². The van der Waals surface area contributed by atoms with E-state index in [1.807, 2.05) is 6.92 Å². The van der Waals surface area contributed by atoms with Crippen LogP contribution in [0.15, 0.2) is 11.6 Å². The molecule has 5 fully saturated rings. The van der Waals surface area contributed by atoms with Crippen molar-refractivity contribution < 1.29 is 39.4 Å². The van der Waals surface area contributed by atoms with Crippen molar-refractivity contribution in [1.82, 2.24) is 0 Å². The maximum atomic E-state index is 12.4. The molecule has 0 aromatic rings. The summed E-state index contributed by atoms with van der Waals surface area (Å²) in [5.74, 6) is 0.439. The lowest BCUT2D eigenvalue weighted by molar-refractivity contribution is -0.274. The number of aliphatic hydroxyl groups excluding tert-OH is 3. The van der Waals surface area contributed by atoms with Crippen LogP contribution in [0.1, 0.15) is 78.6 Å². The third-order valence-corrected chi connectivity index (χ3v) is 12.0. The molecule has 1 unspecified atom stereocenters. The van der Waals surface area contributed by atoms with Crippen LogP contribution in [-0.4, -0.2) is 75.4 Å².